The number of ether oxygens (including phenoxy) is 1. The highest BCUT2D eigenvalue weighted by Crippen LogP contribution is 2.21. The average molecular weight is 310 g/mol. The third-order valence-corrected chi connectivity index (χ3v) is 3.53. The molecule has 0 radical (unpaired) electrons. The monoisotopic (exact) mass is 310 g/mol. The topological polar surface area (TPSA) is 44.1 Å². The van der Waals surface area contributed by atoms with E-state index >= 15 is 0 Å². The molecule has 0 fully saturated rings. The molecule has 3 aromatic rings. The maximum absolute atomic E-state index is 13.4. The van der Waals surface area contributed by atoms with Crippen LogP contribution in [0.4, 0.5) is 4.39 Å². The summed E-state index contributed by atoms with van der Waals surface area (Å²) in [6.07, 6.45) is 0. The second-order valence-electron chi connectivity index (χ2n) is 5.14. The number of aryl methyl sites for hydroxylation is 1. The molecule has 23 heavy (non-hydrogen) atoms. The van der Waals surface area contributed by atoms with Gasteiger partial charge in [-0.2, -0.15) is 9.78 Å². The zero-order valence-electron chi connectivity index (χ0n) is 12.8. The maximum atomic E-state index is 13.4. The van der Waals surface area contributed by atoms with Gasteiger partial charge < -0.3 is 4.74 Å². The van der Waals surface area contributed by atoms with Crippen molar-refractivity contribution in [3.63, 3.8) is 0 Å². The van der Waals surface area contributed by atoms with Crippen LogP contribution in [0.25, 0.3) is 16.9 Å². The third kappa shape index (κ3) is 2.99. The van der Waals surface area contributed by atoms with Crippen LogP contribution in [0.2, 0.25) is 0 Å². The molecule has 1 heterocycles. The van der Waals surface area contributed by atoms with E-state index in [1.165, 1.54) is 16.8 Å². The molecule has 116 valence electrons. The Kier molecular flexibility index (Phi) is 3.93. The number of hydrogen-bond donors (Lipinski definition) is 0. The SMILES string of the molecule is COc1ccc(-c2cc(C)c(=O)n(-c3cccc(F)c3)n2)cc1. The van der Waals surface area contributed by atoms with Gasteiger partial charge in [0.1, 0.15) is 11.6 Å². The van der Waals surface area contributed by atoms with Gasteiger partial charge in [-0.1, -0.05) is 6.07 Å². The Morgan fingerprint density at radius 3 is 2.48 bits per heavy atom. The molecule has 0 bridgehead atoms. The lowest BCUT2D eigenvalue weighted by Crippen LogP contribution is -2.23. The minimum absolute atomic E-state index is 0.270. The van der Waals surface area contributed by atoms with Gasteiger partial charge >= 0.3 is 0 Å². The molecule has 0 atom stereocenters. The summed E-state index contributed by atoms with van der Waals surface area (Å²) in [4.78, 5) is 12.3. The van der Waals surface area contributed by atoms with E-state index in [-0.39, 0.29) is 5.56 Å². The van der Waals surface area contributed by atoms with Gasteiger partial charge in [0, 0.05) is 11.1 Å². The highest BCUT2D eigenvalue weighted by Gasteiger charge is 2.09. The van der Waals surface area contributed by atoms with Gasteiger partial charge in [-0.3, -0.25) is 4.79 Å². The Hall–Kier alpha value is -2.95. The second kappa shape index (κ2) is 6.04. The highest BCUT2D eigenvalue weighted by atomic mass is 19.1. The van der Waals surface area contributed by atoms with Crippen molar-refractivity contribution < 1.29 is 9.13 Å². The van der Waals surface area contributed by atoms with Gasteiger partial charge in [0.05, 0.1) is 18.5 Å². The Morgan fingerprint density at radius 1 is 1.09 bits per heavy atom. The second-order valence-corrected chi connectivity index (χ2v) is 5.14. The van der Waals surface area contributed by atoms with E-state index in [1.54, 1.807) is 32.2 Å². The number of methoxy groups -OCH3 is 1. The molecular weight excluding hydrogens is 295 g/mol. The number of halogens is 1. The van der Waals surface area contributed by atoms with Crippen LogP contribution in [0, 0.1) is 12.7 Å². The van der Waals surface area contributed by atoms with Crippen LogP contribution >= 0.6 is 0 Å². The van der Waals surface area contributed by atoms with Crippen LogP contribution < -0.4 is 10.3 Å². The fraction of sp³-hybridized carbons (Fsp3) is 0.111. The lowest BCUT2D eigenvalue weighted by Gasteiger charge is -2.09. The molecule has 0 saturated heterocycles. The predicted molar refractivity (Wildman–Crippen MR) is 86.5 cm³/mol. The minimum Gasteiger partial charge on any atom is -0.497 e. The van der Waals surface area contributed by atoms with Crippen LogP contribution in [-0.2, 0) is 0 Å². The van der Waals surface area contributed by atoms with E-state index < -0.39 is 5.82 Å². The van der Waals surface area contributed by atoms with Crippen LogP contribution in [0.5, 0.6) is 5.75 Å². The van der Waals surface area contributed by atoms with Crippen molar-refractivity contribution in [1.29, 1.82) is 0 Å². The molecule has 3 rings (SSSR count). The first-order valence-corrected chi connectivity index (χ1v) is 7.10. The number of hydrogen-bond acceptors (Lipinski definition) is 3. The van der Waals surface area contributed by atoms with Gasteiger partial charge in [-0.25, -0.2) is 4.39 Å². The quantitative estimate of drug-likeness (QED) is 0.745. The van der Waals surface area contributed by atoms with Crippen molar-refractivity contribution in [3.8, 4) is 22.7 Å². The summed E-state index contributed by atoms with van der Waals surface area (Å²) in [6, 6.07) is 14.9. The van der Waals surface area contributed by atoms with Gasteiger partial charge in [0.2, 0.25) is 0 Å². The van der Waals surface area contributed by atoms with Gasteiger partial charge in [-0.15, -0.1) is 0 Å². The predicted octanol–water partition coefficient (Wildman–Crippen LogP) is 3.36. The van der Waals surface area contributed by atoms with Crippen molar-refractivity contribution in [2.24, 2.45) is 0 Å². The lowest BCUT2D eigenvalue weighted by molar-refractivity contribution is 0.415. The third-order valence-electron chi connectivity index (χ3n) is 3.53. The molecule has 0 aliphatic heterocycles. The van der Waals surface area contributed by atoms with Gasteiger partial charge in [0.25, 0.3) is 5.56 Å². The average Bonchev–Trinajstić information content (AvgIpc) is 2.57. The molecule has 0 amide bonds. The summed E-state index contributed by atoms with van der Waals surface area (Å²) in [5.74, 6) is 0.327. The molecule has 0 N–H and O–H groups in total. The fourth-order valence-corrected chi connectivity index (χ4v) is 2.30. The zero-order valence-corrected chi connectivity index (χ0v) is 12.8. The molecule has 0 spiro atoms. The van der Waals surface area contributed by atoms with Crippen molar-refractivity contribution in [1.82, 2.24) is 9.78 Å². The number of rotatable bonds is 3. The van der Waals surface area contributed by atoms with Crippen LogP contribution in [0.3, 0.4) is 0 Å². The van der Waals surface area contributed by atoms with E-state index in [1.807, 2.05) is 24.3 Å². The molecule has 5 heteroatoms. The van der Waals surface area contributed by atoms with E-state index in [0.29, 0.717) is 16.9 Å². The van der Waals surface area contributed by atoms with E-state index in [0.717, 1.165) is 11.3 Å². The first-order valence-electron chi connectivity index (χ1n) is 7.10. The zero-order chi connectivity index (χ0) is 16.4. The van der Waals surface area contributed by atoms with Crippen molar-refractivity contribution in [3.05, 3.63) is 76.3 Å². The Balaban J connectivity index is 2.14. The van der Waals surface area contributed by atoms with Crippen LogP contribution in [-0.4, -0.2) is 16.9 Å². The van der Waals surface area contributed by atoms with Crippen LogP contribution in [0.15, 0.2) is 59.4 Å². The Bertz CT molecular complexity index is 902. The molecule has 0 aliphatic carbocycles. The molecule has 0 unspecified atom stereocenters. The minimum atomic E-state index is -0.413. The summed E-state index contributed by atoms with van der Waals surface area (Å²) in [5.41, 5.74) is 2.14. The molecular formula is C18H15FN2O2. The maximum Gasteiger partial charge on any atom is 0.274 e. The van der Waals surface area contributed by atoms with Crippen molar-refractivity contribution in [2.75, 3.05) is 7.11 Å². The first-order chi connectivity index (χ1) is 11.1. The first kappa shape index (κ1) is 15.0. The summed E-state index contributed by atoms with van der Waals surface area (Å²) in [7, 11) is 1.60. The van der Waals surface area contributed by atoms with E-state index in [9.17, 15) is 9.18 Å². The van der Waals surface area contributed by atoms with E-state index in [4.69, 9.17) is 4.74 Å². The van der Waals surface area contributed by atoms with Crippen molar-refractivity contribution >= 4 is 0 Å². The van der Waals surface area contributed by atoms with E-state index in [2.05, 4.69) is 5.10 Å². The Morgan fingerprint density at radius 2 is 1.83 bits per heavy atom. The van der Waals surface area contributed by atoms with Crippen LogP contribution in [0.1, 0.15) is 5.56 Å². The molecule has 2 aromatic carbocycles. The lowest BCUT2D eigenvalue weighted by atomic mass is 10.1. The van der Waals surface area contributed by atoms with Crippen molar-refractivity contribution in [2.45, 2.75) is 6.92 Å². The van der Waals surface area contributed by atoms with Gasteiger partial charge in [-0.05, 0) is 55.5 Å². The number of benzene rings is 2. The largest absolute Gasteiger partial charge is 0.497 e. The molecule has 0 aliphatic rings. The highest BCUT2D eigenvalue weighted by molar-refractivity contribution is 5.60. The fourth-order valence-electron chi connectivity index (χ4n) is 2.30. The summed E-state index contributed by atoms with van der Waals surface area (Å²) >= 11 is 0. The summed E-state index contributed by atoms with van der Waals surface area (Å²) in [5, 5.41) is 4.37. The number of aromatic nitrogens is 2. The normalized spacial score (nSPS) is 10.6. The number of nitrogens with zero attached hydrogens (tertiary/aromatic N) is 2. The summed E-state index contributed by atoms with van der Waals surface area (Å²) < 4.78 is 19.8. The van der Waals surface area contributed by atoms with Gasteiger partial charge in [0.15, 0.2) is 0 Å². The molecule has 1 aromatic heterocycles. The standard InChI is InChI=1S/C18H15FN2O2/c1-12-10-17(13-6-8-16(23-2)9-7-13)20-21(18(12)22)15-5-3-4-14(19)11-15/h3-11H,1-2H3. The molecule has 0 saturated carbocycles. The smallest absolute Gasteiger partial charge is 0.274 e. The molecule has 4 nitrogen and oxygen atoms in total. The Labute approximate surface area is 132 Å². The summed E-state index contributed by atoms with van der Waals surface area (Å²) in [6.45, 7) is 1.72.